The third-order valence-corrected chi connectivity index (χ3v) is 9.56. The Morgan fingerprint density at radius 3 is 1.62 bits per heavy atom. The van der Waals surface area contributed by atoms with E-state index in [2.05, 4.69) is 179 Å². The predicted molar refractivity (Wildman–Crippen MR) is 196 cm³/mol. The first-order valence-electron chi connectivity index (χ1n) is 16.0. The van der Waals surface area contributed by atoms with Gasteiger partial charge in [-0.3, -0.25) is 4.57 Å². The van der Waals surface area contributed by atoms with Gasteiger partial charge < -0.3 is 8.98 Å². The topological polar surface area (TPSA) is 23.0 Å². The van der Waals surface area contributed by atoms with Gasteiger partial charge in [-0.25, -0.2) is 0 Å². The summed E-state index contributed by atoms with van der Waals surface area (Å²) >= 11 is 0. The Bertz CT molecular complexity index is 2720. The molecule has 0 saturated heterocycles. The molecule has 0 amide bonds. The first-order valence-corrected chi connectivity index (χ1v) is 16.0. The van der Waals surface area contributed by atoms with Crippen molar-refractivity contribution in [2.75, 3.05) is 0 Å². The molecule has 3 heteroatoms. The molecule has 10 aromatic rings. The van der Waals surface area contributed by atoms with E-state index in [4.69, 9.17) is 4.42 Å². The van der Waals surface area contributed by atoms with Gasteiger partial charge >= 0.3 is 0 Å². The average molecular weight is 601 g/mol. The molecule has 0 aliphatic heterocycles. The number of benzene rings is 7. The smallest absolute Gasteiger partial charge is 0.213 e. The minimum atomic E-state index is 0.860. The molecule has 0 N–H and O–H groups in total. The van der Waals surface area contributed by atoms with E-state index in [1.807, 2.05) is 0 Å². The first-order chi connectivity index (χ1) is 23.3. The molecule has 0 saturated carbocycles. The minimum absolute atomic E-state index is 0.860. The van der Waals surface area contributed by atoms with E-state index < -0.39 is 0 Å². The molecule has 0 unspecified atom stereocenters. The van der Waals surface area contributed by atoms with Crippen LogP contribution in [-0.4, -0.2) is 9.13 Å². The molecule has 0 aliphatic carbocycles. The Hall–Kier alpha value is -6.32. The maximum atomic E-state index is 6.97. The van der Waals surface area contributed by atoms with Crippen molar-refractivity contribution >= 4 is 54.8 Å². The van der Waals surface area contributed by atoms with Crippen molar-refractivity contribution in [3.63, 3.8) is 0 Å². The summed E-state index contributed by atoms with van der Waals surface area (Å²) in [5.41, 5.74) is 12.1. The zero-order valence-electron chi connectivity index (χ0n) is 25.5. The SMILES string of the molecule is c1ccc(-c2ccccc2-n2c3ccccc3c3c4cccc(-c5ccc(-n6c7ccccc7c7ccccc76)cc5)c4oc32)cc1. The van der Waals surface area contributed by atoms with Gasteiger partial charge in [0.05, 0.1) is 27.6 Å². The molecule has 0 radical (unpaired) electrons. The van der Waals surface area contributed by atoms with E-state index in [0.29, 0.717) is 0 Å². The zero-order chi connectivity index (χ0) is 30.9. The third-order valence-electron chi connectivity index (χ3n) is 9.56. The Labute approximate surface area is 271 Å². The highest BCUT2D eigenvalue weighted by atomic mass is 16.3. The molecule has 0 spiro atoms. The standard InChI is InChI=1S/C44H28N2O/c1-2-13-29(14-3-1)32-15-4-8-21-38(32)46-41-24-11-7-18-36(41)42-37-20-12-19-33(43(37)47-44(42)46)30-25-27-31(28-26-30)45-39-22-9-5-16-34(39)35-17-6-10-23-40(35)45/h1-28H. The summed E-state index contributed by atoms with van der Waals surface area (Å²) in [5, 5.41) is 5.97. The van der Waals surface area contributed by atoms with E-state index in [-0.39, 0.29) is 0 Å². The maximum absolute atomic E-state index is 6.97. The van der Waals surface area contributed by atoms with Crippen molar-refractivity contribution < 1.29 is 4.42 Å². The Morgan fingerprint density at radius 1 is 0.362 bits per heavy atom. The largest absolute Gasteiger partial charge is 0.438 e. The Kier molecular flexibility index (Phi) is 5.57. The number of hydrogen-bond donors (Lipinski definition) is 0. The van der Waals surface area contributed by atoms with Gasteiger partial charge in [0.1, 0.15) is 5.58 Å². The van der Waals surface area contributed by atoms with E-state index >= 15 is 0 Å². The minimum Gasteiger partial charge on any atom is -0.438 e. The molecule has 3 heterocycles. The second-order valence-electron chi connectivity index (χ2n) is 12.1. The van der Waals surface area contributed by atoms with Gasteiger partial charge in [-0.2, -0.15) is 0 Å². The van der Waals surface area contributed by atoms with Crippen molar-refractivity contribution in [2.45, 2.75) is 0 Å². The molecule has 7 aromatic carbocycles. The van der Waals surface area contributed by atoms with Crippen LogP contribution < -0.4 is 0 Å². The number of nitrogens with zero attached hydrogens (tertiary/aromatic N) is 2. The van der Waals surface area contributed by atoms with Crippen molar-refractivity contribution in [1.29, 1.82) is 0 Å². The molecule has 0 atom stereocenters. The molecule has 3 aromatic heterocycles. The average Bonchev–Trinajstić information content (AvgIpc) is 3.79. The van der Waals surface area contributed by atoms with Crippen LogP contribution in [0.25, 0.3) is 88.4 Å². The molecular formula is C44H28N2O. The lowest BCUT2D eigenvalue weighted by molar-refractivity contribution is 0.646. The summed E-state index contributed by atoms with van der Waals surface area (Å²) in [6.45, 7) is 0. The normalized spacial score (nSPS) is 11.8. The number of hydrogen-bond acceptors (Lipinski definition) is 1. The monoisotopic (exact) mass is 600 g/mol. The molecule has 3 nitrogen and oxygen atoms in total. The van der Waals surface area contributed by atoms with Gasteiger partial charge in [-0.15, -0.1) is 0 Å². The van der Waals surface area contributed by atoms with E-state index in [1.54, 1.807) is 0 Å². The van der Waals surface area contributed by atoms with Crippen LogP contribution in [0.15, 0.2) is 174 Å². The lowest BCUT2D eigenvalue weighted by atomic mass is 10.0. The number of furan rings is 1. The number of rotatable bonds is 4. The highest BCUT2D eigenvalue weighted by Gasteiger charge is 2.22. The van der Waals surface area contributed by atoms with Crippen LogP contribution in [0.5, 0.6) is 0 Å². The van der Waals surface area contributed by atoms with Crippen molar-refractivity contribution in [3.8, 4) is 33.6 Å². The zero-order valence-corrected chi connectivity index (χ0v) is 25.5. The predicted octanol–water partition coefficient (Wildman–Crippen LogP) is 12.0. The van der Waals surface area contributed by atoms with E-state index in [0.717, 1.165) is 55.7 Å². The molecule has 0 bridgehead atoms. The summed E-state index contributed by atoms with van der Waals surface area (Å²) in [6, 6.07) is 60.5. The Morgan fingerprint density at radius 2 is 0.894 bits per heavy atom. The van der Waals surface area contributed by atoms with E-state index in [9.17, 15) is 0 Å². The fourth-order valence-electron chi connectivity index (χ4n) is 7.50. The number of para-hydroxylation sites is 5. The van der Waals surface area contributed by atoms with Crippen LogP contribution in [0, 0.1) is 0 Å². The lowest BCUT2D eigenvalue weighted by Crippen LogP contribution is -1.96. The van der Waals surface area contributed by atoms with Crippen LogP contribution in [0.2, 0.25) is 0 Å². The summed E-state index contributed by atoms with van der Waals surface area (Å²) in [4.78, 5) is 0. The van der Waals surface area contributed by atoms with Gasteiger partial charge in [0.15, 0.2) is 0 Å². The second kappa shape index (κ2) is 10.1. The summed E-state index contributed by atoms with van der Waals surface area (Å²) in [5.74, 6) is 0. The summed E-state index contributed by atoms with van der Waals surface area (Å²) in [6.07, 6.45) is 0. The van der Waals surface area contributed by atoms with Crippen molar-refractivity contribution in [2.24, 2.45) is 0 Å². The third kappa shape index (κ3) is 3.81. The molecule has 47 heavy (non-hydrogen) atoms. The fourth-order valence-corrected chi connectivity index (χ4v) is 7.50. The van der Waals surface area contributed by atoms with Gasteiger partial charge in [0.2, 0.25) is 5.71 Å². The molecular weight excluding hydrogens is 572 g/mol. The summed E-state index contributed by atoms with van der Waals surface area (Å²) < 4.78 is 11.6. The highest BCUT2D eigenvalue weighted by Crippen LogP contribution is 2.43. The first kappa shape index (κ1) is 26.0. The molecule has 10 rings (SSSR count). The van der Waals surface area contributed by atoms with E-state index in [1.165, 1.54) is 32.8 Å². The highest BCUT2D eigenvalue weighted by molar-refractivity contribution is 6.22. The van der Waals surface area contributed by atoms with Gasteiger partial charge in [-0.1, -0.05) is 133 Å². The quantitative estimate of drug-likeness (QED) is 0.197. The molecule has 0 fully saturated rings. The van der Waals surface area contributed by atoms with Gasteiger partial charge in [-0.05, 0) is 47.5 Å². The fraction of sp³-hybridized carbons (Fsp3) is 0. The Balaban J connectivity index is 1.17. The number of aromatic nitrogens is 2. The number of fused-ring (bicyclic) bond motifs is 8. The van der Waals surface area contributed by atoms with Crippen LogP contribution in [0.4, 0.5) is 0 Å². The van der Waals surface area contributed by atoms with Gasteiger partial charge in [0.25, 0.3) is 0 Å². The molecule has 220 valence electrons. The summed E-state index contributed by atoms with van der Waals surface area (Å²) in [7, 11) is 0. The van der Waals surface area contributed by atoms with Crippen LogP contribution in [0.1, 0.15) is 0 Å². The van der Waals surface area contributed by atoms with Crippen LogP contribution in [0.3, 0.4) is 0 Å². The van der Waals surface area contributed by atoms with Crippen molar-refractivity contribution in [1.82, 2.24) is 9.13 Å². The van der Waals surface area contributed by atoms with Gasteiger partial charge in [0, 0.05) is 38.4 Å². The van der Waals surface area contributed by atoms with Crippen LogP contribution >= 0.6 is 0 Å². The van der Waals surface area contributed by atoms with Crippen molar-refractivity contribution in [3.05, 3.63) is 170 Å². The van der Waals surface area contributed by atoms with Crippen LogP contribution in [-0.2, 0) is 0 Å². The second-order valence-corrected chi connectivity index (χ2v) is 12.1. The maximum Gasteiger partial charge on any atom is 0.213 e. The molecule has 0 aliphatic rings. The lowest BCUT2D eigenvalue weighted by Gasteiger charge is -2.13.